The average molecular weight is 451 g/mol. The van der Waals surface area contributed by atoms with Crippen molar-refractivity contribution in [3.05, 3.63) is 63.8 Å². The van der Waals surface area contributed by atoms with Crippen LogP contribution in [0.15, 0.2) is 58.7 Å². The molecular weight excluding hydrogens is 435 g/mol. The lowest BCUT2D eigenvalue weighted by atomic mass is 10.1. The van der Waals surface area contributed by atoms with E-state index in [0.29, 0.717) is 22.1 Å². The van der Waals surface area contributed by atoms with E-state index in [-0.39, 0.29) is 21.3 Å². The fourth-order valence-corrected chi connectivity index (χ4v) is 4.11. The molecule has 1 aliphatic rings. The summed E-state index contributed by atoms with van der Waals surface area (Å²) in [5.74, 6) is -0.762. The van der Waals surface area contributed by atoms with E-state index in [2.05, 4.69) is 10.3 Å². The molecule has 0 aromatic heterocycles. The molecule has 1 heterocycles. The average Bonchev–Trinajstić information content (AvgIpc) is 3.02. The van der Waals surface area contributed by atoms with Gasteiger partial charge in [0.25, 0.3) is 5.91 Å². The fourth-order valence-electron chi connectivity index (χ4n) is 2.64. The first-order chi connectivity index (χ1) is 13.8. The van der Waals surface area contributed by atoms with E-state index in [1.54, 1.807) is 42.5 Å². The number of nitrogens with one attached hydrogen (secondary N) is 1. The number of anilines is 1. The molecule has 7 nitrogen and oxygen atoms in total. The molecule has 1 atom stereocenters. The molecular formula is C19H16Cl2N4O3S. The van der Waals surface area contributed by atoms with Crippen LogP contribution in [0.5, 0.6) is 5.75 Å². The minimum Gasteiger partial charge on any atom is -0.494 e. The monoisotopic (exact) mass is 450 g/mol. The van der Waals surface area contributed by atoms with Crippen LogP contribution in [0.3, 0.4) is 0 Å². The van der Waals surface area contributed by atoms with Crippen molar-refractivity contribution in [2.24, 2.45) is 16.5 Å². The fraction of sp³-hybridized carbons (Fsp3) is 0.105. The van der Waals surface area contributed by atoms with Gasteiger partial charge in [-0.1, -0.05) is 53.2 Å². The van der Waals surface area contributed by atoms with Crippen LogP contribution in [0.25, 0.3) is 0 Å². The summed E-state index contributed by atoms with van der Waals surface area (Å²) in [6, 6.07) is 11.8. The molecule has 1 aliphatic heterocycles. The van der Waals surface area contributed by atoms with Crippen LogP contribution in [-0.4, -0.2) is 29.2 Å². The molecule has 0 unspecified atom stereocenters. The van der Waals surface area contributed by atoms with Crippen molar-refractivity contribution >= 4 is 63.2 Å². The first-order valence-electron chi connectivity index (χ1n) is 8.26. The van der Waals surface area contributed by atoms with Gasteiger partial charge >= 0.3 is 0 Å². The lowest BCUT2D eigenvalue weighted by molar-refractivity contribution is -0.115. The third kappa shape index (κ3) is 4.34. The summed E-state index contributed by atoms with van der Waals surface area (Å²) in [6.45, 7) is 0. The number of carbonyl (C=O) groups is 2. The number of thioether (sulfide) groups is 1. The number of primary amides is 1. The summed E-state index contributed by atoms with van der Waals surface area (Å²) < 4.78 is 5.27. The lowest BCUT2D eigenvalue weighted by Gasteiger charge is -2.13. The molecule has 2 aromatic carbocycles. The second-order valence-electron chi connectivity index (χ2n) is 5.87. The predicted molar refractivity (Wildman–Crippen MR) is 117 cm³/mol. The second kappa shape index (κ2) is 8.77. The van der Waals surface area contributed by atoms with Crippen LogP contribution in [0.2, 0.25) is 10.0 Å². The summed E-state index contributed by atoms with van der Waals surface area (Å²) in [4.78, 5) is 29.2. The highest BCUT2D eigenvalue weighted by molar-refractivity contribution is 8.16. The molecule has 2 amide bonds. The maximum Gasteiger partial charge on any atom is 0.253 e. The third-order valence-corrected chi connectivity index (χ3v) is 6.06. The number of nitrogens with zero attached hydrogens (tertiary/aromatic N) is 1. The number of para-hydroxylation sites is 2. The van der Waals surface area contributed by atoms with Gasteiger partial charge in [-0.15, -0.1) is 0 Å². The van der Waals surface area contributed by atoms with E-state index < -0.39 is 17.1 Å². The van der Waals surface area contributed by atoms with Crippen molar-refractivity contribution in [3.63, 3.8) is 0 Å². The number of halogens is 2. The molecule has 3 rings (SSSR count). The van der Waals surface area contributed by atoms with Gasteiger partial charge in [-0.05, 0) is 24.3 Å². The van der Waals surface area contributed by atoms with Crippen LogP contribution < -0.4 is 21.5 Å². The smallest absolute Gasteiger partial charge is 0.253 e. The molecule has 0 saturated carbocycles. The maximum atomic E-state index is 12.8. The molecule has 2 aromatic rings. The van der Waals surface area contributed by atoms with E-state index >= 15 is 0 Å². The molecule has 0 spiro atoms. The zero-order chi connectivity index (χ0) is 21.1. The Balaban J connectivity index is 1.94. The minimum absolute atomic E-state index is 0.00162. The predicted octanol–water partition coefficient (Wildman–Crippen LogP) is 3.48. The van der Waals surface area contributed by atoms with Crippen molar-refractivity contribution in [2.45, 2.75) is 5.25 Å². The molecule has 29 heavy (non-hydrogen) atoms. The van der Waals surface area contributed by atoms with Crippen LogP contribution in [0.4, 0.5) is 11.4 Å². The Morgan fingerprint density at radius 2 is 1.90 bits per heavy atom. The number of methoxy groups -OCH3 is 1. The normalized spacial score (nSPS) is 17.5. The lowest BCUT2D eigenvalue weighted by Crippen LogP contribution is -2.29. The minimum atomic E-state index is -0.916. The van der Waals surface area contributed by atoms with Crippen LogP contribution >= 0.6 is 35.0 Å². The summed E-state index contributed by atoms with van der Waals surface area (Å²) in [7, 11) is 1.50. The van der Waals surface area contributed by atoms with Gasteiger partial charge in [0, 0.05) is 5.70 Å². The number of amides is 2. The van der Waals surface area contributed by atoms with Gasteiger partial charge in [-0.2, -0.15) is 0 Å². The molecule has 0 saturated heterocycles. The van der Waals surface area contributed by atoms with Crippen molar-refractivity contribution in [2.75, 3.05) is 12.4 Å². The maximum absolute atomic E-state index is 12.8. The number of rotatable bonds is 5. The van der Waals surface area contributed by atoms with Crippen LogP contribution in [-0.2, 0) is 9.59 Å². The van der Waals surface area contributed by atoms with E-state index in [9.17, 15) is 9.59 Å². The Morgan fingerprint density at radius 1 is 1.17 bits per heavy atom. The largest absolute Gasteiger partial charge is 0.494 e. The highest BCUT2D eigenvalue weighted by atomic mass is 35.5. The quantitative estimate of drug-likeness (QED) is 0.643. The molecule has 0 aliphatic carbocycles. The number of ether oxygens (including phenoxy) is 1. The van der Waals surface area contributed by atoms with Gasteiger partial charge in [0.2, 0.25) is 5.91 Å². The van der Waals surface area contributed by atoms with E-state index in [0.717, 1.165) is 11.8 Å². The highest BCUT2D eigenvalue weighted by Crippen LogP contribution is 2.38. The molecule has 5 N–H and O–H groups in total. The Bertz CT molecular complexity index is 1060. The number of hydrogen-bond donors (Lipinski definition) is 3. The Labute approximate surface area is 181 Å². The second-order valence-corrected chi connectivity index (χ2v) is 7.75. The Kier molecular flexibility index (Phi) is 6.36. The molecule has 150 valence electrons. The standard InChI is InChI=1S/C19H16Cl2N4O3S/c1-28-12-8-3-2-6-10(12)25-19-13(17(23)26)15(22)16(29-19)18(27)24-11-7-4-5-9(20)14(11)21/h2-8,16H,22H2,1H3,(H2,23,26)(H,24,27)/t16-/m1/s1. The van der Waals surface area contributed by atoms with Gasteiger partial charge < -0.3 is 21.5 Å². The van der Waals surface area contributed by atoms with E-state index in [1.807, 2.05) is 0 Å². The zero-order valence-corrected chi connectivity index (χ0v) is 17.4. The molecule has 0 radical (unpaired) electrons. The topological polar surface area (TPSA) is 120 Å². The van der Waals surface area contributed by atoms with Gasteiger partial charge in [0.15, 0.2) is 0 Å². The molecule has 10 heteroatoms. The van der Waals surface area contributed by atoms with Crippen LogP contribution in [0, 0.1) is 0 Å². The van der Waals surface area contributed by atoms with Gasteiger partial charge in [-0.3, -0.25) is 9.59 Å². The van der Waals surface area contributed by atoms with Gasteiger partial charge in [-0.25, -0.2) is 4.99 Å². The SMILES string of the molecule is COc1ccccc1N=C1S[C@@H](C(=O)Nc2cccc(Cl)c2Cl)C(N)=C1C(N)=O. The number of aliphatic imine (C=N–C) groups is 1. The summed E-state index contributed by atoms with van der Waals surface area (Å²) in [5, 5.41) is 2.48. The van der Waals surface area contributed by atoms with Crippen molar-refractivity contribution in [3.8, 4) is 5.75 Å². The van der Waals surface area contributed by atoms with Crippen molar-refractivity contribution in [1.82, 2.24) is 0 Å². The number of nitrogens with two attached hydrogens (primary N) is 2. The number of benzene rings is 2. The Morgan fingerprint density at radius 3 is 2.59 bits per heavy atom. The van der Waals surface area contributed by atoms with Crippen molar-refractivity contribution < 1.29 is 14.3 Å². The van der Waals surface area contributed by atoms with Crippen LogP contribution in [0.1, 0.15) is 0 Å². The summed E-state index contributed by atoms with van der Waals surface area (Å²) in [6.07, 6.45) is 0. The van der Waals surface area contributed by atoms with Gasteiger partial charge in [0.05, 0.1) is 28.4 Å². The first kappa shape index (κ1) is 21.0. The number of carbonyl (C=O) groups excluding carboxylic acids is 2. The van der Waals surface area contributed by atoms with E-state index in [4.69, 9.17) is 39.4 Å². The first-order valence-corrected chi connectivity index (χ1v) is 9.90. The Hall–Kier alpha value is -2.68. The summed E-state index contributed by atoms with van der Waals surface area (Å²) >= 11 is 13.1. The zero-order valence-electron chi connectivity index (χ0n) is 15.1. The van der Waals surface area contributed by atoms with E-state index in [1.165, 1.54) is 7.11 Å². The van der Waals surface area contributed by atoms with Gasteiger partial charge in [0.1, 0.15) is 21.7 Å². The molecule has 0 fully saturated rings. The number of hydrogen-bond acceptors (Lipinski definition) is 6. The summed E-state index contributed by atoms with van der Waals surface area (Å²) in [5.41, 5.74) is 12.4. The third-order valence-electron chi connectivity index (χ3n) is 4.02. The highest BCUT2D eigenvalue weighted by Gasteiger charge is 2.38. The van der Waals surface area contributed by atoms with Crippen molar-refractivity contribution in [1.29, 1.82) is 0 Å². The molecule has 0 bridgehead atoms.